The van der Waals surface area contributed by atoms with Crippen molar-refractivity contribution in [3.63, 3.8) is 0 Å². The molecule has 1 saturated carbocycles. The lowest BCUT2D eigenvalue weighted by Gasteiger charge is -2.18. The maximum atomic E-state index is 13.4. The fourth-order valence-electron chi connectivity index (χ4n) is 4.18. The Kier molecular flexibility index (Phi) is 6.47. The van der Waals surface area contributed by atoms with Gasteiger partial charge in [0.25, 0.3) is 5.91 Å². The second kappa shape index (κ2) is 8.70. The van der Waals surface area contributed by atoms with Crippen LogP contribution in [-0.4, -0.2) is 34.9 Å². The topological polar surface area (TPSA) is 59.2 Å². The van der Waals surface area contributed by atoms with Gasteiger partial charge >= 0.3 is 0 Å². The minimum absolute atomic E-state index is 0. The fourth-order valence-corrected chi connectivity index (χ4v) is 4.18. The van der Waals surface area contributed by atoms with Crippen LogP contribution in [-0.2, 0) is 0 Å². The second-order valence-corrected chi connectivity index (χ2v) is 7.78. The van der Waals surface area contributed by atoms with Crippen LogP contribution in [0, 0.1) is 0 Å². The molecule has 2 aliphatic rings. The van der Waals surface area contributed by atoms with Crippen molar-refractivity contribution in [2.75, 3.05) is 13.1 Å². The summed E-state index contributed by atoms with van der Waals surface area (Å²) in [5, 5.41) is 0.934. The zero-order valence-electron chi connectivity index (χ0n) is 16.0. The maximum Gasteiger partial charge on any atom is 0.254 e. The Labute approximate surface area is 183 Å². The molecule has 2 fully saturated rings. The van der Waals surface area contributed by atoms with Crippen molar-refractivity contribution in [2.45, 2.75) is 30.7 Å². The van der Waals surface area contributed by atoms with E-state index in [-0.39, 0.29) is 42.7 Å². The van der Waals surface area contributed by atoms with Crippen molar-refractivity contribution in [2.24, 2.45) is 5.73 Å². The molecule has 2 aromatic carbocycles. The molecule has 2 heterocycles. The number of aromatic nitrogens is 1. The molecular formula is C23H25Cl2N3O. The lowest BCUT2D eigenvalue weighted by Crippen LogP contribution is -2.32. The van der Waals surface area contributed by atoms with E-state index in [0.717, 1.165) is 22.2 Å². The van der Waals surface area contributed by atoms with Crippen molar-refractivity contribution in [1.82, 2.24) is 9.88 Å². The van der Waals surface area contributed by atoms with Gasteiger partial charge in [-0.05, 0) is 30.5 Å². The molecule has 1 aromatic heterocycles. The Morgan fingerprint density at radius 2 is 1.66 bits per heavy atom. The Balaban J connectivity index is 0.00000120. The highest BCUT2D eigenvalue weighted by Gasteiger charge is 2.35. The summed E-state index contributed by atoms with van der Waals surface area (Å²) >= 11 is 0. The van der Waals surface area contributed by atoms with E-state index in [1.54, 1.807) is 0 Å². The molecule has 3 aromatic rings. The highest BCUT2D eigenvalue weighted by molar-refractivity contribution is 6.06. The van der Waals surface area contributed by atoms with Crippen LogP contribution in [0.25, 0.3) is 10.9 Å². The van der Waals surface area contributed by atoms with Gasteiger partial charge in [-0.2, -0.15) is 0 Å². The molecule has 1 aliphatic heterocycles. The first-order valence-corrected chi connectivity index (χ1v) is 9.70. The van der Waals surface area contributed by atoms with Crippen LogP contribution < -0.4 is 5.73 Å². The van der Waals surface area contributed by atoms with Crippen LogP contribution in [0.1, 0.15) is 46.3 Å². The number of likely N-dealkylation sites (tertiary alicyclic amines) is 1. The lowest BCUT2D eigenvalue weighted by molar-refractivity contribution is 0.0791. The molecule has 5 rings (SSSR count). The van der Waals surface area contributed by atoms with E-state index in [0.29, 0.717) is 19.0 Å². The van der Waals surface area contributed by atoms with E-state index in [4.69, 9.17) is 10.7 Å². The largest absolute Gasteiger partial charge is 0.336 e. The molecule has 4 nitrogen and oxygen atoms in total. The molecular weight excluding hydrogens is 405 g/mol. The van der Waals surface area contributed by atoms with Gasteiger partial charge in [0.1, 0.15) is 0 Å². The van der Waals surface area contributed by atoms with Crippen LogP contribution >= 0.6 is 24.8 Å². The molecule has 1 saturated heterocycles. The summed E-state index contributed by atoms with van der Waals surface area (Å²) in [4.78, 5) is 20.1. The molecule has 1 amide bonds. The molecule has 0 radical (unpaired) electrons. The third-order valence-corrected chi connectivity index (χ3v) is 5.84. The predicted octanol–water partition coefficient (Wildman–Crippen LogP) is 4.52. The second-order valence-electron chi connectivity index (χ2n) is 7.78. The molecule has 0 bridgehead atoms. The lowest BCUT2D eigenvalue weighted by atomic mass is 9.95. The molecule has 1 aliphatic carbocycles. The standard InChI is InChI=1S/C23H23N3O.2ClH/c24-20-14-26(13-19(20)15-6-2-1-3-7-15)23(27)18-12-22(16-10-11-16)25-21-9-5-4-8-17(18)21;;/h1-9,12,16,19-20H,10-11,13-14,24H2;2*1H/t19-,20+;;/m0../s1. The minimum atomic E-state index is -0.0349. The quantitative estimate of drug-likeness (QED) is 0.665. The molecule has 2 atom stereocenters. The number of pyridine rings is 1. The Bertz CT molecular complexity index is 1010. The van der Waals surface area contributed by atoms with E-state index < -0.39 is 0 Å². The number of rotatable bonds is 3. The Hall–Kier alpha value is -2.14. The normalized spacial score (nSPS) is 20.8. The van der Waals surface area contributed by atoms with E-state index in [1.807, 2.05) is 53.4 Å². The third-order valence-electron chi connectivity index (χ3n) is 5.84. The van der Waals surface area contributed by atoms with Crippen molar-refractivity contribution >= 4 is 41.6 Å². The smallest absolute Gasteiger partial charge is 0.254 e. The number of para-hydroxylation sites is 1. The number of fused-ring (bicyclic) bond motifs is 1. The predicted molar refractivity (Wildman–Crippen MR) is 121 cm³/mol. The van der Waals surface area contributed by atoms with Crippen molar-refractivity contribution in [3.8, 4) is 0 Å². The zero-order chi connectivity index (χ0) is 18.4. The van der Waals surface area contributed by atoms with Crippen LogP contribution in [0.5, 0.6) is 0 Å². The highest BCUT2D eigenvalue weighted by atomic mass is 35.5. The van der Waals surface area contributed by atoms with Gasteiger partial charge in [0.05, 0.1) is 11.1 Å². The minimum Gasteiger partial charge on any atom is -0.336 e. The Morgan fingerprint density at radius 1 is 0.966 bits per heavy atom. The number of amides is 1. The number of nitrogens with zero attached hydrogens (tertiary/aromatic N) is 2. The summed E-state index contributed by atoms with van der Waals surface area (Å²) in [6, 6.07) is 20.2. The van der Waals surface area contributed by atoms with Gasteiger partial charge in [-0.25, -0.2) is 0 Å². The van der Waals surface area contributed by atoms with Gasteiger partial charge in [-0.15, -0.1) is 24.8 Å². The van der Waals surface area contributed by atoms with Crippen molar-refractivity contribution < 1.29 is 4.79 Å². The van der Waals surface area contributed by atoms with Gasteiger partial charge in [0, 0.05) is 42.0 Å². The Morgan fingerprint density at radius 3 is 2.38 bits per heavy atom. The first-order valence-electron chi connectivity index (χ1n) is 9.70. The molecule has 29 heavy (non-hydrogen) atoms. The number of benzene rings is 2. The zero-order valence-corrected chi connectivity index (χ0v) is 17.7. The van der Waals surface area contributed by atoms with Gasteiger partial charge in [-0.1, -0.05) is 48.5 Å². The summed E-state index contributed by atoms with van der Waals surface area (Å²) in [6.07, 6.45) is 2.34. The monoisotopic (exact) mass is 429 g/mol. The van der Waals surface area contributed by atoms with Crippen LogP contribution in [0.4, 0.5) is 0 Å². The third kappa shape index (κ3) is 4.11. The fraction of sp³-hybridized carbons (Fsp3) is 0.304. The number of carbonyl (C=O) groups is 1. The first-order chi connectivity index (χ1) is 13.2. The van der Waals surface area contributed by atoms with Gasteiger partial charge in [0.15, 0.2) is 0 Å². The van der Waals surface area contributed by atoms with Crippen molar-refractivity contribution in [3.05, 3.63) is 77.5 Å². The number of halogens is 2. The summed E-state index contributed by atoms with van der Waals surface area (Å²) in [5.74, 6) is 0.773. The summed E-state index contributed by atoms with van der Waals surface area (Å²) in [6.45, 7) is 1.26. The number of nitrogens with two attached hydrogens (primary N) is 1. The highest BCUT2D eigenvalue weighted by Crippen LogP contribution is 2.40. The van der Waals surface area contributed by atoms with Gasteiger partial charge in [-0.3, -0.25) is 9.78 Å². The van der Waals surface area contributed by atoms with E-state index >= 15 is 0 Å². The molecule has 6 heteroatoms. The average molecular weight is 430 g/mol. The van der Waals surface area contributed by atoms with Gasteiger partial charge < -0.3 is 10.6 Å². The van der Waals surface area contributed by atoms with Crippen LogP contribution in [0.15, 0.2) is 60.7 Å². The van der Waals surface area contributed by atoms with E-state index in [1.165, 1.54) is 18.4 Å². The number of hydrogen-bond acceptors (Lipinski definition) is 3. The van der Waals surface area contributed by atoms with Crippen LogP contribution in [0.2, 0.25) is 0 Å². The molecule has 2 N–H and O–H groups in total. The van der Waals surface area contributed by atoms with Crippen LogP contribution in [0.3, 0.4) is 0 Å². The van der Waals surface area contributed by atoms with Crippen molar-refractivity contribution in [1.29, 1.82) is 0 Å². The number of carbonyl (C=O) groups excluding carboxylic acids is 1. The maximum absolute atomic E-state index is 13.4. The number of hydrogen-bond donors (Lipinski definition) is 1. The van der Waals surface area contributed by atoms with E-state index in [9.17, 15) is 4.79 Å². The summed E-state index contributed by atoms with van der Waals surface area (Å²) < 4.78 is 0. The molecule has 0 spiro atoms. The summed E-state index contributed by atoms with van der Waals surface area (Å²) in [7, 11) is 0. The molecule has 152 valence electrons. The molecule has 0 unspecified atom stereocenters. The SMILES string of the molecule is Cl.Cl.N[C@@H]1CN(C(=O)c2cc(C3CC3)nc3ccccc23)C[C@H]1c1ccccc1. The first kappa shape index (κ1) is 21.6. The van der Waals surface area contributed by atoms with Gasteiger partial charge in [0.2, 0.25) is 0 Å². The van der Waals surface area contributed by atoms with E-state index in [2.05, 4.69) is 12.1 Å². The average Bonchev–Trinajstić information content (AvgIpc) is 3.49. The summed E-state index contributed by atoms with van der Waals surface area (Å²) in [5.41, 5.74) is 10.4.